The average molecular weight is 289 g/mol. The van der Waals surface area contributed by atoms with Gasteiger partial charge in [0.15, 0.2) is 0 Å². The molecule has 0 bridgehead atoms. The topological polar surface area (TPSA) is 53.2 Å². The van der Waals surface area contributed by atoms with E-state index in [1.54, 1.807) is 0 Å². The monoisotopic (exact) mass is 289 g/mol. The molecule has 0 saturated heterocycles. The molecule has 2 aromatic carbocycles. The van der Waals surface area contributed by atoms with Crippen molar-refractivity contribution in [3.63, 3.8) is 0 Å². The minimum atomic E-state index is -0.672. The Morgan fingerprint density at radius 1 is 1.14 bits per heavy atom. The van der Waals surface area contributed by atoms with Gasteiger partial charge in [-0.1, -0.05) is 12.1 Å². The van der Waals surface area contributed by atoms with E-state index in [1.165, 1.54) is 0 Å². The van der Waals surface area contributed by atoms with Crippen LogP contribution >= 0.6 is 0 Å². The lowest BCUT2D eigenvalue weighted by Crippen LogP contribution is -2.43. The highest BCUT2D eigenvalue weighted by atomic mass is 19.1. The van der Waals surface area contributed by atoms with Crippen LogP contribution in [0.25, 0.3) is 0 Å². The summed E-state index contributed by atoms with van der Waals surface area (Å²) in [4.78, 5) is 12.1. The largest absolute Gasteiger partial charge is 0.381 e. The Morgan fingerprint density at radius 2 is 1.90 bits per heavy atom. The van der Waals surface area contributed by atoms with Gasteiger partial charge in [-0.3, -0.25) is 4.79 Å². The van der Waals surface area contributed by atoms with Crippen LogP contribution in [0.3, 0.4) is 0 Å². The first-order valence-corrected chi connectivity index (χ1v) is 6.49. The summed E-state index contributed by atoms with van der Waals surface area (Å²) >= 11 is 0. The Bertz CT molecular complexity index is 690. The first-order chi connectivity index (χ1) is 10.1. The SMILES string of the molecule is O=C(Nc1cc(F)ccc1F)C1CNc2ccccc2N1. The number of rotatable bonds is 2. The van der Waals surface area contributed by atoms with Crippen molar-refractivity contribution in [2.75, 3.05) is 22.5 Å². The Kier molecular flexibility index (Phi) is 3.43. The standard InChI is InChI=1S/C15H13F2N3O/c16-9-5-6-10(17)13(7-9)20-15(21)14-8-18-11-3-1-2-4-12(11)19-14/h1-7,14,18-19H,8H2,(H,20,21). The zero-order chi connectivity index (χ0) is 14.8. The molecular formula is C15H13F2N3O. The quantitative estimate of drug-likeness (QED) is 0.797. The van der Waals surface area contributed by atoms with Crippen molar-refractivity contribution < 1.29 is 13.6 Å². The molecule has 0 spiro atoms. The highest BCUT2D eigenvalue weighted by Gasteiger charge is 2.24. The van der Waals surface area contributed by atoms with E-state index in [0.717, 1.165) is 29.6 Å². The highest BCUT2D eigenvalue weighted by molar-refractivity contribution is 5.98. The van der Waals surface area contributed by atoms with Crippen LogP contribution in [-0.2, 0) is 4.79 Å². The molecule has 0 radical (unpaired) electrons. The number of halogens is 2. The van der Waals surface area contributed by atoms with Crippen molar-refractivity contribution in [3.05, 3.63) is 54.1 Å². The Balaban J connectivity index is 1.74. The van der Waals surface area contributed by atoms with Gasteiger partial charge in [0.25, 0.3) is 0 Å². The fourth-order valence-electron chi connectivity index (χ4n) is 2.19. The van der Waals surface area contributed by atoms with Gasteiger partial charge < -0.3 is 16.0 Å². The van der Waals surface area contributed by atoms with Gasteiger partial charge in [0.05, 0.1) is 17.1 Å². The minimum absolute atomic E-state index is 0.166. The maximum atomic E-state index is 13.5. The lowest BCUT2D eigenvalue weighted by Gasteiger charge is -2.27. The van der Waals surface area contributed by atoms with Crippen molar-refractivity contribution >= 4 is 23.0 Å². The fourth-order valence-corrected chi connectivity index (χ4v) is 2.19. The van der Waals surface area contributed by atoms with E-state index in [-0.39, 0.29) is 5.69 Å². The van der Waals surface area contributed by atoms with E-state index in [2.05, 4.69) is 16.0 Å². The van der Waals surface area contributed by atoms with E-state index in [4.69, 9.17) is 0 Å². The number of para-hydroxylation sites is 2. The first-order valence-electron chi connectivity index (χ1n) is 6.49. The normalized spacial score (nSPS) is 16.4. The average Bonchev–Trinajstić information content (AvgIpc) is 2.50. The van der Waals surface area contributed by atoms with E-state index in [1.807, 2.05) is 24.3 Å². The summed E-state index contributed by atoms with van der Waals surface area (Å²) in [7, 11) is 0. The van der Waals surface area contributed by atoms with Crippen LogP contribution in [-0.4, -0.2) is 18.5 Å². The summed E-state index contributed by atoms with van der Waals surface area (Å²) in [6, 6.07) is 9.83. The molecule has 0 saturated carbocycles. The summed E-state index contributed by atoms with van der Waals surface area (Å²) in [6.45, 7) is 0.361. The number of amides is 1. The predicted octanol–water partition coefficient (Wildman–Crippen LogP) is 2.81. The van der Waals surface area contributed by atoms with Gasteiger partial charge in [-0.2, -0.15) is 0 Å². The third kappa shape index (κ3) is 2.79. The van der Waals surface area contributed by atoms with Crippen LogP contribution in [0, 0.1) is 11.6 Å². The van der Waals surface area contributed by atoms with Crippen LogP contribution in [0.5, 0.6) is 0 Å². The maximum Gasteiger partial charge on any atom is 0.248 e. The number of hydrogen-bond acceptors (Lipinski definition) is 3. The third-order valence-electron chi connectivity index (χ3n) is 3.26. The predicted molar refractivity (Wildman–Crippen MR) is 77.3 cm³/mol. The van der Waals surface area contributed by atoms with Crippen LogP contribution in [0.15, 0.2) is 42.5 Å². The molecule has 4 nitrogen and oxygen atoms in total. The number of nitrogens with one attached hydrogen (secondary N) is 3. The van der Waals surface area contributed by atoms with Crippen molar-refractivity contribution in [1.82, 2.24) is 0 Å². The smallest absolute Gasteiger partial charge is 0.248 e. The number of hydrogen-bond donors (Lipinski definition) is 3. The van der Waals surface area contributed by atoms with E-state index in [9.17, 15) is 13.6 Å². The van der Waals surface area contributed by atoms with Crippen molar-refractivity contribution in [2.45, 2.75) is 6.04 Å². The van der Waals surface area contributed by atoms with Gasteiger partial charge in [0.1, 0.15) is 17.7 Å². The van der Waals surface area contributed by atoms with Crippen molar-refractivity contribution in [3.8, 4) is 0 Å². The second-order valence-electron chi connectivity index (χ2n) is 4.74. The molecule has 1 aliphatic rings. The molecule has 3 rings (SSSR count). The van der Waals surface area contributed by atoms with Crippen LogP contribution < -0.4 is 16.0 Å². The molecular weight excluding hydrogens is 276 g/mol. The maximum absolute atomic E-state index is 13.5. The molecule has 1 amide bonds. The summed E-state index contributed by atoms with van der Waals surface area (Å²) in [5, 5.41) is 8.57. The molecule has 1 atom stereocenters. The van der Waals surface area contributed by atoms with Crippen LogP contribution in [0.2, 0.25) is 0 Å². The lowest BCUT2D eigenvalue weighted by atomic mass is 10.1. The van der Waals surface area contributed by atoms with Gasteiger partial charge in [0.2, 0.25) is 5.91 Å². The minimum Gasteiger partial charge on any atom is -0.381 e. The van der Waals surface area contributed by atoms with Crippen molar-refractivity contribution in [1.29, 1.82) is 0 Å². The second kappa shape index (κ2) is 5.40. The molecule has 0 aromatic heterocycles. The summed E-state index contributed by atoms with van der Waals surface area (Å²) < 4.78 is 26.6. The molecule has 6 heteroatoms. The van der Waals surface area contributed by atoms with E-state index < -0.39 is 23.6 Å². The number of carbonyl (C=O) groups excluding carboxylic acids is 1. The Labute approximate surface area is 120 Å². The molecule has 21 heavy (non-hydrogen) atoms. The molecule has 108 valence electrons. The number of fused-ring (bicyclic) bond motifs is 1. The van der Waals surface area contributed by atoms with Gasteiger partial charge >= 0.3 is 0 Å². The van der Waals surface area contributed by atoms with E-state index >= 15 is 0 Å². The zero-order valence-electron chi connectivity index (χ0n) is 11.0. The summed E-state index contributed by atoms with van der Waals surface area (Å²) in [6.07, 6.45) is 0. The molecule has 3 N–H and O–H groups in total. The molecule has 2 aromatic rings. The van der Waals surface area contributed by atoms with Gasteiger partial charge in [-0.15, -0.1) is 0 Å². The van der Waals surface area contributed by atoms with Crippen LogP contribution in [0.4, 0.5) is 25.8 Å². The molecule has 1 unspecified atom stereocenters. The Hall–Kier alpha value is -2.63. The number of anilines is 3. The zero-order valence-corrected chi connectivity index (χ0v) is 11.0. The van der Waals surface area contributed by atoms with Crippen molar-refractivity contribution in [2.24, 2.45) is 0 Å². The van der Waals surface area contributed by atoms with E-state index in [0.29, 0.717) is 6.54 Å². The molecule has 0 fully saturated rings. The lowest BCUT2D eigenvalue weighted by molar-refractivity contribution is -0.116. The fraction of sp³-hybridized carbons (Fsp3) is 0.133. The third-order valence-corrected chi connectivity index (χ3v) is 3.26. The summed E-state index contributed by atoms with van der Waals surface area (Å²) in [5.41, 5.74) is 1.53. The highest BCUT2D eigenvalue weighted by Crippen LogP contribution is 2.25. The second-order valence-corrected chi connectivity index (χ2v) is 4.74. The van der Waals surface area contributed by atoms with Gasteiger partial charge in [-0.05, 0) is 24.3 Å². The molecule has 0 aliphatic carbocycles. The Morgan fingerprint density at radius 3 is 2.71 bits per heavy atom. The van der Waals surface area contributed by atoms with Gasteiger partial charge in [0, 0.05) is 12.6 Å². The first kappa shape index (κ1) is 13.4. The number of carbonyl (C=O) groups is 1. The molecule has 1 aliphatic heterocycles. The summed E-state index contributed by atoms with van der Waals surface area (Å²) in [5.74, 6) is -1.71. The molecule has 1 heterocycles. The number of benzene rings is 2. The van der Waals surface area contributed by atoms with Crippen LogP contribution in [0.1, 0.15) is 0 Å². The van der Waals surface area contributed by atoms with Gasteiger partial charge in [-0.25, -0.2) is 8.78 Å².